The van der Waals surface area contributed by atoms with E-state index in [1.165, 1.54) is 6.42 Å². The number of ether oxygens (including phenoxy) is 3. The summed E-state index contributed by atoms with van der Waals surface area (Å²) < 4.78 is 17.9. The monoisotopic (exact) mass is 439 g/mol. The van der Waals surface area contributed by atoms with E-state index in [2.05, 4.69) is 10.2 Å². The lowest BCUT2D eigenvalue weighted by molar-refractivity contribution is -0.0416. The lowest BCUT2D eigenvalue weighted by atomic mass is 9.94. The van der Waals surface area contributed by atoms with Crippen LogP contribution in [-0.2, 0) is 14.2 Å². The maximum atomic E-state index is 12.9. The maximum Gasteiger partial charge on any atom is 0.411 e. The van der Waals surface area contributed by atoms with Gasteiger partial charge in [0.05, 0.1) is 24.9 Å². The molecule has 4 fully saturated rings. The molecule has 4 saturated heterocycles. The van der Waals surface area contributed by atoms with Crippen LogP contribution in [0, 0.1) is 0 Å². The molecule has 2 N–H and O–H groups in total. The van der Waals surface area contributed by atoms with Crippen molar-refractivity contribution in [1.29, 1.82) is 0 Å². The molecule has 2 bridgehead atoms. The summed E-state index contributed by atoms with van der Waals surface area (Å²) in [5, 5.41) is 13.3. The van der Waals surface area contributed by atoms with Gasteiger partial charge in [0.2, 0.25) is 0 Å². The molecule has 178 valence electrons. The van der Waals surface area contributed by atoms with Crippen molar-refractivity contribution in [2.24, 2.45) is 0 Å². The molecule has 8 nitrogen and oxygen atoms in total. The molecule has 0 aromatic carbocycles. The highest BCUT2D eigenvalue weighted by Crippen LogP contribution is 2.40. The molecule has 0 aromatic heterocycles. The number of hydrogen-bond donors (Lipinski definition) is 2. The molecule has 0 radical (unpaired) electrons. The summed E-state index contributed by atoms with van der Waals surface area (Å²) in [6.45, 7) is 11.4. The first-order valence-corrected chi connectivity index (χ1v) is 12.1. The summed E-state index contributed by atoms with van der Waals surface area (Å²) in [4.78, 5) is 17.2. The molecule has 4 aliphatic heterocycles. The van der Waals surface area contributed by atoms with E-state index in [-0.39, 0.29) is 35.9 Å². The first-order chi connectivity index (χ1) is 14.8. The van der Waals surface area contributed by atoms with Crippen molar-refractivity contribution in [2.45, 2.75) is 88.1 Å². The number of amides is 1. The Bertz CT molecular complexity index is 637. The van der Waals surface area contributed by atoms with Crippen molar-refractivity contribution in [3.05, 3.63) is 0 Å². The minimum atomic E-state index is -0.495. The number of carbonyl (C=O) groups is 1. The standard InChI is InChI=1S/C23H41N3O5/c1-21(2,3)31-20(28)26-18-6-8-23(26,15-24-13-18)17-29-10-5-11-30-19-12-22(16-27)7-4-9-25(22)14-19/h18-19,24,27H,4-17H2,1-3H3/t18?,19-,22?,23?/m1/s1. The van der Waals surface area contributed by atoms with Gasteiger partial charge in [0.1, 0.15) is 5.60 Å². The zero-order chi connectivity index (χ0) is 22.1. The van der Waals surface area contributed by atoms with Crippen LogP contribution in [0.15, 0.2) is 0 Å². The zero-order valence-corrected chi connectivity index (χ0v) is 19.5. The minimum absolute atomic E-state index is 0.0293. The highest BCUT2D eigenvalue weighted by atomic mass is 16.6. The lowest BCUT2D eigenvalue weighted by Crippen LogP contribution is -2.64. The molecular weight excluding hydrogens is 398 g/mol. The van der Waals surface area contributed by atoms with Crippen LogP contribution in [0.2, 0.25) is 0 Å². The van der Waals surface area contributed by atoms with Crippen LogP contribution in [0.3, 0.4) is 0 Å². The normalized spacial score (nSPS) is 35.5. The summed E-state index contributed by atoms with van der Waals surface area (Å²) >= 11 is 0. The van der Waals surface area contributed by atoms with Crippen molar-refractivity contribution in [3.63, 3.8) is 0 Å². The van der Waals surface area contributed by atoms with Gasteiger partial charge in [-0.15, -0.1) is 0 Å². The molecule has 4 atom stereocenters. The van der Waals surface area contributed by atoms with Crippen LogP contribution in [0.5, 0.6) is 0 Å². The predicted molar refractivity (Wildman–Crippen MR) is 117 cm³/mol. The second kappa shape index (κ2) is 9.14. The zero-order valence-electron chi connectivity index (χ0n) is 19.5. The van der Waals surface area contributed by atoms with Crippen LogP contribution in [0.1, 0.15) is 59.3 Å². The molecule has 0 aliphatic carbocycles. The highest BCUT2D eigenvalue weighted by molar-refractivity contribution is 5.70. The highest BCUT2D eigenvalue weighted by Gasteiger charge is 2.53. The molecule has 0 spiro atoms. The Kier molecular flexibility index (Phi) is 6.85. The molecule has 3 unspecified atom stereocenters. The van der Waals surface area contributed by atoms with Crippen molar-refractivity contribution >= 4 is 6.09 Å². The number of aliphatic hydroxyl groups excluding tert-OH is 1. The van der Waals surface area contributed by atoms with Gasteiger partial charge in [-0.25, -0.2) is 4.79 Å². The number of nitrogens with one attached hydrogen (secondary N) is 1. The first-order valence-electron chi connectivity index (χ1n) is 12.1. The van der Waals surface area contributed by atoms with E-state index >= 15 is 0 Å². The van der Waals surface area contributed by atoms with E-state index in [0.29, 0.717) is 19.8 Å². The van der Waals surface area contributed by atoms with Crippen molar-refractivity contribution < 1.29 is 24.1 Å². The smallest absolute Gasteiger partial charge is 0.411 e. The van der Waals surface area contributed by atoms with Gasteiger partial charge in [-0.2, -0.15) is 0 Å². The number of nitrogens with zero attached hydrogens (tertiary/aromatic N) is 2. The van der Waals surface area contributed by atoms with Crippen LogP contribution in [-0.4, -0.2) is 102 Å². The number of hydrogen-bond acceptors (Lipinski definition) is 7. The Labute approximate surface area is 186 Å². The average Bonchev–Trinajstić information content (AvgIpc) is 3.31. The van der Waals surface area contributed by atoms with Crippen LogP contribution < -0.4 is 5.32 Å². The third-order valence-corrected chi connectivity index (χ3v) is 7.47. The Hall–Kier alpha value is -0.930. The fraction of sp³-hybridized carbons (Fsp3) is 0.957. The van der Waals surface area contributed by atoms with E-state index < -0.39 is 5.60 Å². The van der Waals surface area contributed by atoms with Gasteiger partial charge in [0.25, 0.3) is 0 Å². The van der Waals surface area contributed by atoms with Crippen LogP contribution in [0.4, 0.5) is 4.79 Å². The minimum Gasteiger partial charge on any atom is -0.444 e. The van der Waals surface area contributed by atoms with E-state index in [1.54, 1.807) is 0 Å². The van der Waals surface area contributed by atoms with Gasteiger partial charge in [-0.1, -0.05) is 0 Å². The third-order valence-electron chi connectivity index (χ3n) is 7.47. The molecule has 1 amide bonds. The lowest BCUT2D eigenvalue weighted by Gasteiger charge is -2.45. The first kappa shape index (κ1) is 23.2. The quantitative estimate of drug-likeness (QED) is 0.558. The molecule has 4 rings (SSSR count). The summed E-state index contributed by atoms with van der Waals surface area (Å²) in [5.41, 5.74) is -0.834. The molecule has 31 heavy (non-hydrogen) atoms. The maximum absolute atomic E-state index is 12.9. The molecule has 4 heterocycles. The van der Waals surface area contributed by atoms with Crippen LogP contribution in [0.25, 0.3) is 0 Å². The number of rotatable bonds is 8. The largest absolute Gasteiger partial charge is 0.444 e. The average molecular weight is 440 g/mol. The van der Waals surface area contributed by atoms with E-state index in [9.17, 15) is 9.90 Å². The van der Waals surface area contributed by atoms with Gasteiger partial charge in [-0.05, 0) is 65.8 Å². The van der Waals surface area contributed by atoms with Gasteiger partial charge in [-0.3, -0.25) is 9.80 Å². The summed E-state index contributed by atoms with van der Waals surface area (Å²) in [6.07, 6.45) is 5.96. The Balaban J connectivity index is 1.20. The fourth-order valence-electron chi connectivity index (χ4n) is 6.03. The Morgan fingerprint density at radius 3 is 2.81 bits per heavy atom. The van der Waals surface area contributed by atoms with Crippen LogP contribution >= 0.6 is 0 Å². The van der Waals surface area contributed by atoms with Crippen molar-refractivity contribution in [1.82, 2.24) is 15.1 Å². The topological polar surface area (TPSA) is 83.5 Å². The van der Waals surface area contributed by atoms with Gasteiger partial charge in [0.15, 0.2) is 0 Å². The third kappa shape index (κ3) is 4.88. The SMILES string of the molecule is CC(C)(C)OC(=O)N1C2CCC1(COCCCO[C@H]1CN3CCCC3(CO)C1)CNC2. The van der Waals surface area contributed by atoms with E-state index in [1.807, 2.05) is 25.7 Å². The Morgan fingerprint density at radius 2 is 2.06 bits per heavy atom. The summed E-state index contributed by atoms with van der Waals surface area (Å²) in [5.74, 6) is 0. The van der Waals surface area contributed by atoms with E-state index in [0.717, 1.165) is 58.3 Å². The number of carbonyl (C=O) groups excluding carboxylic acids is 1. The second-order valence-electron chi connectivity index (χ2n) is 10.9. The van der Waals surface area contributed by atoms with E-state index in [4.69, 9.17) is 14.2 Å². The van der Waals surface area contributed by atoms with Gasteiger partial charge < -0.3 is 24.6 Å². The Morgan fingerprint density at radius 1 is 1.23 bits per heavy atom. The molecule has 0 saturated carbocycles. The number of fused-ring (bicyclic) bond motifs is 3. The summed E-state index contributed by atoms with van der Waals surface area (Å²) in [6, 6.07) is 0.186. The molecule has 0 aromatic rings. The number of aliphatic hydroxyl groups is 1. The second-order valence-corrected chi connectivity index (χ2v) is 10.9. The predicted octanol–water partition coefficient (Wildman–Crippen LogP) is 1.75. The van der Waals surface area contributed by atoms with Gasteiger partial charge >= 0.3 is 6.09 Å². The van der Waals surface area contributed by atoms with Crippen molar-refractivity contribution in [3.8, 4) is 0 Å². The molecular formula is C23H41N3O5. The molecule has 4 aliphatic rings. The summed E-state index contributed by atoms with van der Waals surface area (Å²) in [7, 11) is 0. The van der Waals surface area contributed by atoms with Crippen molar-refractivity contribution in [2.75, 3.05) is 52.6 Å². The fourth-order valence-corrected chi connectivity index (χ4v) is 6.03. The molecule has 8 heteroatoms. The number of piperazine rings is 1. The van der Waals surface area contributed by atoms with Gasteiger partial charge in [0, 0.05) is 44.4 Å².